The Labute approximate surface area is 102 Å². The first kappa shape index (κ1) is 11.3. The third-order valence-corrected chi connectivity index (χ3v) is 2.64. The van der Waals surface area contributed by atoms with Crippen molar-refractivity contribution in [2.75, 3.05) is 7.05 Å². The van der Waals surface area contributed by atoms with Crippen molar-refractivity contribution in [1.29, 1.82) is 0 Å². The number of hydrogen-bond acceptors (Lipinski definition) is 4. The number of rotatable bonds is 4. The molecule has 0 unspecified atom stereocenters. The Bertz CT molecular complexity index is 453. The largest absolute Gasteiger partial charge is 0.338 e. The maximum absolute atomic E-state index is 5.07. The summed E-state index contributed by atoms with van der Waals surface area (Å²) in [7, 11) is 1.85. The summed E-state index contributed by atoms with van der Waals surface area (Å²) in [5.41, 5.74) is 1.17. The smallest absolute Gasteiger partial charge is 0.240 e. The molecule has 0 radical (unpaired) electrons. The van der Waals surface area contributed by atoms with Gasteiger partial charge >= 0.3 is 0 Å². The lowest BCUT2D eigenvalue weighted by atomic mass is 10.1. The molecule has 0 aliphatic carbocycles. The van der Waals surface area contributed by atoms with Gasteiger partial charge in [-0.05, 0) is 24.7 Å². The standard InChI is InChI=1S/C11H12BrN3O/c1-13-7-11-14-10(15-16-11)6-8-2-4-9(12)5-3-8/h2-5,13H,6-7H2,1H3. The van der Waals surface area contributed by atoms with E-state index in [2.05, 4.69) is 31.4 Å². The van der Waals surface area contributed by atoms with Crippen molar-refractivity contribution in [3.8, 4) is 0 Å². The van der Waals surface area contributed by atoms with E-state index in [1.165, 1.54) is 5.56 Å². The van der Waals surface area contributed by atoms with Crippen LogP contribution in [-0.2, 0) is 13.0 Å². The van der Waals surface area contributed by atoms with Crippen LogP contribution < -0.4 is 5.32 Å². The predicted octanol–water partition coefficient (Wildman–Crippen LogP) is 2.14. The van der Waals surface area contributed by atoms with Crippen molar-refractivity contribution in [2.45, 2.75) is 13.0 Å². The Morgan fingerprint density at radius 3 is 2.75 bits per heavy atom. The fourth-order valence-electron chi connectivity index (χ4n) is 1.37. The van der Waals surface area contributed by atoms with Gasteiger partial charge in [0.25, 0.3) is 0 Å². The summed E-state index contributed by atoms with van der Waals surface area (Å²) in [6.07, 6.45) is 0.695. The first-order valence-electron chi connectivity index (χ1n) is 4.98. The highest BCUT2D eigenvalue weighted by Gasteiger charge is 2.05. The van der Waals surface area contributed by atoms with E-state index < -0.39 is 0 Å². The molecule has 0 fully saturated rings. The average Bonchev–Trinajstić information content (AvgIpc) is 2.70. The second-order valence-corrected chi connectivity index (χ2v) is 4.35. The van der Waals surface area contributed by atoms with E-state index in [4.69, 9.17) is 4.52 Å². The summed E-state index contributed by atoms with van der Waals surface area (Å²) >= 11 is 3.40. The summed E-state index contributed by atoms with van der Waals surface area (Å²) in [6, 6.07) is 8.09. The third kappa shape index (κ3) is 2.90. The van der Waals surface area contributed by atoms with Crippen LogP contribution in [0.2, 0.25) is 0 Å². The second kappa shape index (κ2) is 5.23. The molecule has 0 aliphatic heterocycles. The van der Waals surface area contributed by atoms with Crippen LogP contribution in [0, 0.1) is 0 Å². The monoisotopic (exact) mass is 281 g/mol. The second-order valence-electron chi connectivity index (χ2n) is 3.44. The first-order valence-corrected chi connectivity index (χ1v) is 5.78. The Hall–Kier alpha value is -1.20. The molecule has 2 rings (SSSR count). The fraction of sp³-hybridized carbons (Fsp3) is 0.273. The molecule has 0 bridgehead atoms. The quantitative estimate of drug-likeness (QED) is 0.933. The molecule has 0 saturated heterocycles. The van der Waals surface area contributed by atoms with E-state index >= 15 is 0 Å². The average molecular weight is 282 g/mol. The zero-order valence-electron chi connectivity index (χ0n) is 8.90. The van der Waals surface area contributed by atoms with E-state index in [1.807, 2.05) is 31.3 Å². The molecule has 1 N–H and O–H groups in total. The van der Waals surface area contributed by atoms with Crippen LogP contribution >= 0.6 is 15.9 Å². The highest BCUT2D eigenvalue weighted by molar-refractivity contribution is 9.10. The Morgan fingerprint density at radius 2 is 2.06 bits per heavy atom. The van der Waals surface area contributed by atoms with Crippen molar-refractivity contribution in [3.05, 3.63) is 46.0 Å². The van der Waals surface area contributed by atoms with Gasteiger partial charge in [-0.25, -0.2) is 0 Å². The van der Waals surface area contributed by atoms with Gasteiger partial charge in [-0.15, -0.1) is 0 Å². The zero-order chi connectivity index (χ0) is 11.4. The molecule has 0 amide bonds. The van der Waals surface area contributed by atoms with E-state index in [1.54, 1.807) is 0 Å². The minimum absolute atomic E-state index is 0.605. The van der Waals surface area contributed by atoms with E-state index in [0.29, 0.717) is 24.7 Å². The topological polar surface area (TPSA) is 51.0 Å². The number of halogens is 1. The van der Waals surface area contributed by atoms with Crippen molar-refractivity contribution in [1.82, 2.24) is 15.5 Å². The van der Waals surface area contributed by atoms with Gasteiger partial charge in [0.15, 0.2) is 5.82 Å². The van der Waals surface area contributed by atoms with Crippen LogP contribution in [0.1, 0.15) is 17.3 Å². The lowest BCUT2D eigenvalue weighted by Gasteiger charge is -1.96. The van der Waals surface area contributed by atoms with E-state index in [-0.39, 0.29) is 0 Å². The normalized spacial score (nSPS) is 10.6. The van der Waals surface area contributed by atoms with Gasteiger partial charge in [0.05, 0.1) is 6.54 Å². The van der Waals surface area contributed by atoms with Crippen LogP contribution in [0.4, 0.5) is 0 Å². The van der Waals surface area contributed by atoms with E-state index in [0.717, 1.165) is 4.47 Å². The molecule has 0 saturated carbocycles. The summed E-state index contributed by atoms with van der Waals surface area (Å²) < 4.78 is 6.14. The first-order chi connectivity index (χ1) is 7.78. The van der Waals surface area contributed by atoms with Crippen molar-refractivity contribution in [3.63, 3.8) is 0 Å². The maximum atomic E-state index is 5.07. The number of aromatic nitrogens is 2. The highest BCUT2D eigenvalue weighted by atomic mass is 79.9. The van der Waals surface area contributed by atoms with Gasteiger partial charge in [-0.1, -0.05) is 33.2 Å². The molecule has 4 nitrogen and oxygen atoms in total. The molecular formula is C11H12BrN3O. The molecule has 1 heterocycles. The highest BCUT2D eigenvalue weighted by Crippen LogP contribution is 2.12. The van der Waals surface area contributed by atoms with Crippen molar-refractivity contribution in [2.24, 2.45) is 0 Å². The summed E-state index contributed by atoms with van der Waals surface area (Å²) in [5.74, 6) is 1.34. The predicted molar refractivity (Wildman–Crippen MR) is 64.0 cm³/mol. The molecule has 1 aromatic heterocycles. The number of hydrogen-bond donors (Lipinski definition) is 1. The number of benzene rings is 1. The van der Waals surface area contributed by atoms with Gasteiger partial charge in [0.1, 0.15) is 0 Å². The summed E-state index contributed by atoms with van der Waals surface area (Å²) in [5, 5.41) is 6.88. The Kier molecular flexibility index (Phi) is 3.69. The SMILES string of the molecule is CNCc1nc(Cc2ccc(Br)cc2)no1. The van der Waals surface area contributed by atoms with E-state index in [9.17, 15) is 0 Å². The molecule has 16 heavy (non-hydrogen) atoms. The number of nitrogens with one attached hydrogen (secondary N) is 1. The third-order valence-electron chi connectivity index (χ3n) is 2.11. The van der Waals surface area contributed by atoms with Crippen LogP contribution in [0.3, 0.4) is 0 Å². The van der Waals surface area contributed by atoms with Gasteiger partial charge in [0, 0.05) is 10.9 Å². The van der Waals surface area contributed by atoms with Crippen molar-refractivity contribution >= 4 is 15.9 Å². The van der Waals surface area contributed by atoms with Gasteiger partial charge in [-0.2, -0.15) is 4.98 Å². The van der Waals surface area contributed by atoms with Gasteiger partial charge < -0.3 is 9.84 Å². The summed E-state index contributed by atoms with van der Waals surface area (Å²) in [4.78, 5) is 4.27. The zero-order valence-corrected chi connectivity index (χ0v) is 10.5. The minimum atomic E-state index is 0.605. The van der Waals surface area contributed by atoms with Crippen LogP contribution in [0.15, 0.2) is 33.3 Å². The molecule has 2 aromatic rings. The minimum Gasteiger partial charge on any atom is -0.338 e. The number of nitrogens with zero attached hydrogens (tertiary/aromatic N) is 2. The Balaban J connectivity index is 2.05. The van der Waals surface area contributed by atoms with Gasteiger partial charge in [0.2, 0.25) is 5.89 Å². The summed E-state index contributed by atoms with van der Waals surface area (Å²) in [6.45, 7) is 0.605. The van der Waals surface area contributed by atoms with Crippen molar-refractivity contribution < 1.29 is 4.52 Å². The molecular weight excluding hydrogens is 270 g/mol. The van der Waals surface area contributed by atoms with Gasteiger partial charge in [-0.3, -0.25) is 0 Å². The molecule has 1 aromatic carbocycles. The molecule has 0 atom stereocenters. The van der Waals surface area contributed by atoms with Crippen LogP contribution in [0.5, 0.6) is 0 Å². The molecule has 84 valence electrons. The van der Waals surface area contributed by atoms with Crippen LogP contribution in [0.25, 0.3) is 0 Å². The molecule has 5 heteroatoms. The molecule has 0 spiro atoms. The lowest BCUT2D eigenvalue weighted by molar-refractivity contribution is 0.367. The maximum Gasteiger partial charge on any atom is 0.240 e. The molecule has 0 aliphatic rings. The van der Waals surface area contributed by atoms with Crippen LogP contribution in [-0.4, -0.2) is 17.2 Å². The Morgan fingerprint density at radius 1 is 1.31 bits per heavy atom. The fourth-order valence-corrected chi connectivity index (χ4v) is 1.63. The lowest BCUT2D eigenvalue weighted by Crippen LogP contribution is -2.05.